The molecule has 2 saturated heterocycles. The van der Waals surface area contributed by atoms with Gasteiger partial charge in [-0.3, -0.25) is 19.6 Å². The summed E-state index contributed by atoms with van der Waals surface area (Å²) in [6, 6.07) is 6.79. The van der Waals surface area contributed by atoms with Gasteiger partial charge in [-0.05, 0) is 63.9 Å². The van der Waals surface area contributed by atoms with E-state index in [9.17, 15) is 18.0 Å². The standard InChI is InChI=1S/C40H54N8O6S2.3H2S/c1-8-47-34-12-11-26-18-28(34)30(37(47)29-19-27(22-41-36(29)25(2)53-6)46-16-14-45(5)15-17-46)21-40(3,4)24-54-39(50)31-10-9-13-48(43-31)38(49)32(44-56(7,51)52)20-35-42-33(26)23-55-35;;;/h11-12,18-19,22-23,25,31-32,43-44H,8-10,13-17,20-21,24H2,1-7H3;3*1H2/t25-,31-,32-;;;/m0.../s1. The number of thiazole rings is 1. The molecule has 1 aromatic carbocycles. The van der Waals surface area contributed by atoms with E-state index in [-0.39, 0.29) is 59.6 Å². The summed E-state index contributed by atoms with van der Waals surface area (Å²) in [5, 5.41) is 4.98. The highest BCUT2D eigenvalue weighted by molar-refractivity contribution is 7.88. The molecule has 0 aliphatic carbocycles. The highest BCUT2D eigenvalue weighted by Crippen LogP contribution is 2.43. The number of hydrazine groups is 1. The van der Waals surface area contributed by atoms with Gasteiger partial charge in [0.2, 0.25) is 10.0 Å². The van der Waals surface area contributed by atoms with Crippen molar-refractivity contribution in [2.24, 2.45) is 5.41 Å². The number of aromatic nitrogens is 3. The Balaban J connectivity index is 0.00000256. The van der Waals surface area contributed by atoms with Crippen molar-refractivity contribution in [2.45, 2.75) is 78.1 Å². The van der Waals surface area contributed by atoms with Crippen LogP contribution in [-0.4, -0.2) is 117 Å². The summed E-state index contributed by atoms with van der Waals surface area (Å²) in [6.45, 7) is 13.3. The van der Waals surface area contributed by atoms with E-state index in [1.165, 1.54) is 16.3 Å². The van der Waals surface area contributed by atoms with Gasteiger partial charge >= 0.3 is 5.97 Å². The first-order valence-electron chi connectivity index (χ1n) is 19.4. The lowest BCUT2D eigenvalue weighted by Crippen LogP contribution is -2.60. The maximum atomic E-state index is 13.8. The number of nitrogens with zero attached hydrogens (tertiary/aromatic N) is 6. The summed E-state index contributed by atoms with van der Waals surface area (Å²) >= 11 is 1.38. The first-order valence-corrected chi connectivity index (χ1v) is 22.2. The molecule has 0 saturated carbocycles. The number of likely N-dealkylation sites (N-methyl/N-ethyl adjacent to an activating group) is 1. The van der Waals surface area contributed by atoms with Crippen molar-refractivity contribution < 1.29 is 27.5 Å². The number of pyridine rings is 1. The Labute approximate surface area is 373 Å². The number of carbonyl (C=O) groups excluding carboxylic acids is 2. The van der Waals surface area contributed by atoms with Gasteiger partial charge < -0.3 is 23.8 Å². The molecule has 2 N–H and O–H groups in total. The molecule has 6 bridgehead atoms. The van der Waals surface area contributed by atoms with Crippen LogP contribution in [0.1, 0.15) is 62.9 Å². The molecule has 2 fully saturated rings. The van der Waals surface area contributed by atoms with Gasteiger partial charge in [0, 0.05) is 85.6 Å². The molecule has 0 spiro atoms. The molecule has 326 valence electrons. The van der Waals surface area contributed by atoms with Crippen LogP contribution in [0.3, 0.4) is 0 Å². The molecule has 3 aliphatic heterocycles. The Kier molecular flexibility index (Phi) is 16.4. The van der Waals surface area contributed by atoms with Gasteiger partial charge in [0.15, 0.2) is 0 Å². The number of hydrogen-bond donors (Lipinski definition) is 2. The first-order chi connectivity index (χ1) is 26.6. The highest BCUT2D eigenvalue weighted by atomic mass is 32.2. The lowest BCUT2D eigenvalue weighted by Gasteiger charge is -2.35. The lowest BCUT2D eigenvalue weighted by atomic mass is 9.84. The summed E-state index contributed by atoms with van der Waals surface area (Å²) in [4.78, 5) is 42.3. The molecule has 1 amide bonds. The fourth-order valence-corrected chi connectivity index (χ4v) is 9.63. The molecule has 0 unspecified atom stereocenters. The minimum absolute atomic E-state index is 0. The minimum atomic E-state index is -3.75. The molecule has 0 radical (unpaired) electrons. The first kappa shape index (κ1) is 48.8. The number of nitrogens with one attached hydrogen (secondary N) is 2. The van der Waals surface area contributed by atoms with Crippen molar-refractivity contribution in [2.75, 3.05) is 64.6 Å². The van der Waals surface area contributed by atoms with Gasteiger partial charge in [0.25, 0.3) is 5.91 Å². The average Bonchev–Trinajstić information content (AvgIpc) is 3.77. The number of aryl methyl sites for hydroxylation is 1. The summed E-state index contributed by atoms with van der Waals surface area (Å²) in [5.74, 6) is -0.924. The van der Waals surface area contributed by atoms with Crippen molar-refractivity contribution >= 4 is 90.3 Å². The number of ether oxygens (including phenoxy) is 2. The molecule has 3 aromatic heterocycles. The maximum absolute atomic E-state index is 13.8. The van der Waals surface area contributed by atoms with Crippen LogP contribution in [0, 0.1) is 5.41 Å². The van der Waals surface area contributed by atoms with Gasteiger partial charge in [-0.25, -0.2) is 23.5 Å². The van der Waals surface area contributed by atoms with Gasteiger partial charge in [-0.1, -0.05) is 19.9 Å². The summed E-state index contributed by atoms with van der Waals surface area (Å²) in [7, 11) is 0.108. The smallest absolute Gasteiger partial charge is 0.324 e. The normalized spacial score (nSPS) is 20.8. The van der Waals surface area contributed by atoms with E-state index >= 15 is 0 Å². The summed E-state index contributed by atoms with van der Waals surface area (Å²) in [5.41, 5.74) is 10.4. The third kappa shape index (κ3) is 10.8. The van der Waals surface area contributed by atoms with Crippen LogP contribution in [0.5, 0.6) is 0 Å². The van der Waals surface area contributed by atoms with Crippen molar-refractivity contribution in [1.82, 2.24) is 34.6 Å². The van der Waals surface area contributed by atoms with Crippen LogP contribution in [-0.2, 0) is 48.5 Å². The van der Waals surface area contributed by atoms with E-state index < -0.39 is 39.4 Å². The fourth-order valence-electron chi connectivity index (χ4n) is 8.08. The molecular formula is C40H60N8O6S5. The lowest BCUT2D eigenvalue weighted by molar-refractivity contribution is -0.155. The minimum Gasteiger partial charge on any atom is -0.464 e. The van der Waals surface area contributed by atoms with Gasteiger partial charge in [0.05, 0.1) is 52.9 Å². The molecular weight excluding hydrogens is 849 g/mol. The Morgan fingerprint density at radius 3 is 2.51 bits per heavy atom. The van der Waals surface area contributed by atoms with Crippen molar-refractivity contribution in [3.8, 4) is 22.5 Å². The largest absolute Gasteiger partial charge is 0.464 e. The predicted octanol–water partition coefficient (Wildman–Crippen LogP) is 4.73. The van der Waals surface area contributed by atoms with Crippen molar-refractivity contribution in [3.05, 3.63) is 52.1 Å². The highest BCUT2D eigenvalue weighted by Gasteiger charge is 2.36. The Morgan fingerprint density at radius 2 is 1.83 bits per heavy atom. The Morgan fingerprint density at radius 1 is 1.10 bits per heavy atom. The fraction of sp³-hybridized carbons (Fsp3) is 0.550. The Hall–Kier alpha value is -2.88. The number of sulfonamides is 1. The predicted molar refractivity (Wildman–Crippen MR) is 250 cm³/mol. The van der Waals surface area contributed by atoms with Crippen LogP contribution < -0.4 is 15.0 Å². The topological polar surface area (TPSA) is 151 Å². The van der Waals surface area contributed by atoms with E-state index in [4.69, 9.17) is 19.4 Å². The van der Waals surface area contributed by atoms with Crippen LogP contribution in [0.4, 0.5) is 5.69 Å². The van der Waals surface area contributed by atoms with Gasteiger partial charge in [-0.15, -0.1) is 11.3 Å². The molecule has 4 aromatic rings. The van der Waals surface area contributed by atoms with E-state index in [1.54, 1.807) is 7.11 Å². The second kappa shape index (κ2) is 19.9. The van der Waals surface area contributed by atoms with Crippen LogP contribution in [0.2, 0.25) is 0 Å². The number of piperazine rings is 1. The number of hydrogen-bond acceptors (Lipinski definition) is 12. The van der Waals surface area contributed by atoms with E-state index in [0.717, 1.165) is 82.8 Å². The zero-order valence-electron chi connectivity index (χ0n) is 34.9. The molecule has 14 nitrogen and oxygen atoms in total. The van der Waals surface area contributed by atoms with Crippen LogP contribution >= 0.6 is 51.8 Å². The second-order valence-electron chi connectivity index (χ2n) is 16.1. The maximum Gasteiger partial charge on any atom is 0.324 e. The van der Waals surface area contributed by atoms with E-state index in [2.05, 4.69) is 76.6 Å². The molecule has 6 heterocycles. The third-order valence-electron chi connectivity index (χ3n) is 11.1. The second-order valence-corrected chi connectivity index (χ2v) is 18.9. The Bertz CT molecular complexity index is 2220. The molecule has 3 aliphatic rings. The SMILES string of the molecule is CCn1c(-c2cc(N3CCN(C)CC3)cnc2[C@H](C)OC)c2c3cc(ccc31)-c1csc(n1)C[C@H](NS(C)(=O)=O)C(=O)N1CCC[C@H](N1)C(=O)OCC(C)(C)C2.S.S.S. The number of methoxy groups -OCH3 is 1. The van der Waals surface area contributed by atoms with Crippen molar-refractivity contribution in [1.29, 1.82) is 0 Å². The average molecular weight is 909 g/mol. The molecule has 3 atom stereocenters. The monoisotopic (exact) mass is 908 g/mol. The van der Waals surface area contributed by atoms with Gasteiger partial charge in [0.1, 0.15) is 12.1 Å². The zero-order chi connectivity index (χ0) is 39.9. The van der Waals surface area contributed by atoms with E-state index in [1.807, 2.05) is 18.5 Å². The van der Waals surface area contributed by atoms with Crippen molar-refractivity contribution in [3.63, 3.8) is 0 Å². The number of amides is 1. The molecule has 19 heteroatoms. The van der Waals surface area contributed by atoms with Crippen LogP contribution in [0.15, 0.2) is 35.8 Å². The quantitative estimate of drug-likeness (QED) is 0.248. The number of esters is 1. The van der Waals surface area contributed by atoms with Crippen LogP contribution in [0.25, 0.3) is 33.4 Å². The van der Waals surface area contributed by atoms with Gasteiger partial charge in [-0.2, -0.15) is 40.5 Å². The molecule has 59 heavy (non-hydrogen) atoms. The number of rotatable bonds is 7. The number of carbonyl (C=O) groups is 2. The summed E-state index contributed by atoms with van der Waals surface area (Å²) in [6.07, 6.45) is 4.42. The third-order valence-corrected chi connectivity index (χ3v) is 12.7. The number of benzene rings is 1. The van der Waals surface area contributed by atoms with E-state index in [0.29, 0.717) is 37.4 Å². The zero-order valence-corrected chi connectivity index (χ0v) is 39.6. The number of cyclic esters (lactones) is 1. The number of anilines is 1. The summed E-state index contributed by atoms with van der Waals surface area (Å²) < 4.78 is 41.8. The molecule has 7 rings (SSSR count). The number of fused-ring (bicyclic) bond motifs is 6.